The number of anilines is 1. The molecule has 3 rings (SSSR count). The van der Waals surface area contributed by atoms with Gasteiger partial charge in [-0.15, -0.1) is 0 Å². The minimum atomic E-state index is -2.98. The standard InChI is InChI=1S/C14H21N3O3S/c1-8(2)11-6-12(18)15-14-13(11)9(3)16-17(14)10-4-5-21(19,20)7-10/h8,10-11H,4-7H2,1-3H3,(H,15,18)/t10-,11-/m0/s1. The monoisotopic (exact) mass is 311 g/mol. The van der Waals surface area contributed by atoms with Gasteiger partial charge in [-0.3, -0.25) is 4.79 Å². The van der Waals surface area contributed by atoms with Crippen LogP contribution in [0, 0.1) is 12.8 Å². The van der Waals surface area contributed by atoms with Crippen molar-refractivity contribution in [3.63, 3.8) is 0 Å². The average Bonchev–Trinajstić information content (AvgIpc) is 2.89. The third-order valence-corrected chi connectivity index (χ3v) is 6.28. The fourth-order valence-corrected chi connectivity index (χ4v) is 5.11. The minimum absolute atomic E-state index is 0.0109. The summed E-state index contributed by atoms with van der Waals surface area (Å²) in [5.41, 5.74) is 1.97. The van der Waals surface area contributed by atoms with Crippen molar-refractivity contribution in [3.8, 4) is 0 Å². The van der Waals surface area contributed by atoms with Gasteiger partial charge < -0.3 is 5.32 Å². The molecule has 0 spiro atoms. The summed E-state index contributed by atoms with van der Waals surface area (Å²) < 4.78 is 25.1. The van der Waals surface area contributed by atoms with Crippen LogP contribution in [0.3, 0.4) is 0 Å². The smallest absolute Gasteiger partial charge is 0.226 e. The van der Waals surface area contributed by atoms with Gasteiger partial charge in [0.25, 0.3) is 0 Å². The molecule has 116 valence electrons. The normalized spacial score (nSPS) is 27.7. The Morgan fingerprint density at radius 2 is 2.10 bits per heavy atom. The molecule has 21 heavy (non-hydrogen) atoms. The van der Waals surface area contributed by atoms with Crippen LogP contribution < -0.4 is 5.32 Å². The maximum atomic E-state index is 12.0. The number of fused-ring (bicyclic) bond motifs is 1. The number of nitrogens with one attached hydrogen (secondary N) is 1. The molecule has 6 nitrogen and oxygen atoms in total. The number of carbonyl (C=O) groups is 1. The van der Waals surface area contributed by atoms with Gasteiger partial charge in [-0.1, -0.05) is 13.8 Å². The molecule has 0 radical (unpaired) electrons. The predicted octanol–water partition coefficient (Wildman–Crippen LogP) is 1.63. The Bertz CT molecular complexity index is 691. The number of aromatic nitrogens is 2. The highest BCUT2D eigenvalue weighted by Gasteiger charge is 2.37. The summed E-state index contributed by atoms with van der Waals surface area (Å²) in [5.74, 6) is 1.52. The van der Waals surface area contributed by atoms with Gasteiger partial charge in [0.2, 0.25) is 5.91 Å². The molecule has 0 bridgehead atoms. The number of nitrogens with zero attached hydrogens (tertiary/aromatic N) is 2. The molecule has 7 heteroatoms. The summed E-state index contributed by atoms with van der Waals surface area (Å²) >= 11 is 0. The fraction of sp³-hybridized carbons (Fsp3) is 0.714. The first-order chi connectivity index (χ1) is 9.78. The van der Waals surface area contributed by atoms with E-state index in [2.05, 4.69) is 24.3 Å². The lowest BCUT2D eigenvalue weighted by Gasteiger charge is -2.27. The third-order valence-electron chi connectivity index (χ3n) is 4.52. The van der Waals surface area contributed by atoms with Crippen LogP contribution in [0.15, 0.2) is 0 Å². The molecular weight excluding hydrogens is 290 g/mol. The van der Waals surface area contributed by atoms with E-state index in [-0.39, 0.29) is 29.4 Å². The first-order valence-electron chi connectivity index (χ1n) is 7.38. The van der Waals surface area contributed by atoms with Gasteiger partial charge in [0.1, 0.15) is 5.82 Å². The van der Waals surface area contributed by atoms with Crippen LogP contribution in [0.25, 0.3) is 0 Å². The lowest BCUT2D eigenvalue weighted by atomic mass is 9.83. The number of sulfone groups is 1. The second-order valence-corrected chi connectivity index (χ2v) is 8.68. The number of hydrogen-bond acceptors (Lipinski definition) is 4. The van der Waals surface area contributed by atoms with Crippen molar-refractivity contribution in [1.82, 2.24) is 9.78 Å². The van der Waals surface area contributed by atoms with Gasteiger partial charge in [-0.2, -0.15) is 5.10 Å². The zero-order chi connectivity index (χ0) is 15.4. The summed E-state index contributed by atoms with van der Waals surface area (Å²) in [5, 5.41) is 7.45. The van der Waals surface area contributed by atoms with E-state index in [1.54, 1.807) is 4.68 Å². The summed E-state index contributed by atoms with van der Waals surface area (Å²) in [7, 11) is -2.98. The predicted molar refractivity (Wildman–Crippen MR) is 80.1 cm³/mol. The molecule has 2 atom stereocenters. The number of hydrogen-bond donors (Lipinski definition) is 1. The highest BCUT2D eigenvalue weighted by atomic mass is 32.2. The van der Waals surface area contributed by atoms with Crippen LogP contribution in [0.2, 0.25) is 0 Å². The SMILES string of the molecule is Cc1nn([C@H]2CCS(=O)(=O)C2)c2c1[C@H](C(C)C)CC(=O)N2. The Morgan fingerprint density at radius 3 is 2.67 bits per heavy atom. The van der Waals surface area contributed by atoms with Crippen molar-refractivity contribution in [2.24, 2.45) is 5.92 Å². The Balaban J connectivity index is 2.06. The molecule has 1 N–H and O–H groups in total. The van der Waals surface area contributed by atoms with E-state index in [1.807, 2.05) is 6.92 Å². The highest BCUT2D eigenvalue weighted by Crippen LogP contribution is 2.41. The number of aryl methyl sites for hydroxylation is 1. The molecule has 2 aliphatic rings. The van der Waals surface area contributed by atoms with Gasteiger partial charge >= 0.3 is 0 Å². The first-order valence-corrected chi connectivity index (χ1v) is 9.20. The van der Waals surface area contributed by atoms with E-state index < -0.39 is 9.84 Å². The Hall–Kier alpha value is -1.37. The maximum absolute atomic E-state index is 12.0. The molecule has 1 aromatic heterocycles. The quantitative estimate of drug-likeness (QED) is 0.900. The van der Waals surface area contributed by atoms with E-state index in [0.717, 1.165) is 11.3 Å². The Morgan fingerprint density at radius 1 is 1.38 bits per heavy atom. The van der Waals surface area contributed by atoms with Crippen LogP contribution in [-0.2, 0) is 14.6 Å². The molecular formula is C14H21N3O3S. The molecule has 1 saturated heterocycles. The zero-order valence-electron chi connectivity index (χ0n) is 12.6. The summed E-state index contributed by atoms with van der Waals surface area (Å²) in [6.07, 6.45) is 1.04. The first kappa shape index (κ1) is 14.6. The molecule has 0 aromatic carbocycles. The Kier molecular flexibility index (Phi) is 3.35. The molecule has 0 aliphatic carbocycles. The molecule has 0 saturated carbocycles. The van der Waals surface area contributed by atoms with E-state index in [9.17, 15) is 13.2 Å². The van der Waals surface area contributed by atoms with Crippen molar-refractivity contribution in [2.75, 3.05) is 16.8 Å². The van der Waals surface area contributed by atoms with Crippen LogP contribution in [0.5, 0.6) is 0 Å². The minimum Gasteiger partial charge on any atom is -0.311 e. The van der Waals surface area contributed by atoms with Gasteiger partial charge in [-0.05, 0) is 19.3 Å². The average molecular weight is 311 g/mol. The van der Waals surface area contributed by atoms with Crippen LogP contribution in [0.1, 0.15) is 49.9 Å². The summed E-state index contributed by atoms with van der Waals surface area (Å²) in [6.45, 7) is 6.14. The van der Waals surface area contributed by atoms with Gasteiger partial charge in [0.05, 0.1) is 23.2 Å². The fourth-order valence-electron chi connectivity index (χ4n) is 3.42. The van der Waals surface area contributed by atoms with E-state index in [1.165, 1.54) is 0 Å². The number of amides is 1. The summed E-state index contributed by atoms with van der Waals surface area (Å²) in [4.78, 5) is 12.0. The van der Waals surface area contributed by atoms with E-state index in [4.69, 9.17) is 0 Å². The van der Waals surface area contributed by atoms with Gasteiger partial charge in [0, 0.05) is 17.9 Å². The van der Waals surface area contributed by atoms with Gasteiger partial charge in [-0.25, -0.2) is 13.1 Å². The van der Waals surface area contributed by atoms with Crippen molar-refractivity contribution in [2.45, 2.75) is 45.6 Å². The third kappa shape index (κ3) is 2.47. The number of rotatable bonds is 2. The number of carbonyl (C=O) groups excluding carboxylic acids is 1. The second kappa shape index (κ2) is 4.83. The molecule has 3 heterocycles. The molecule has 1 aromatic rings. The van der Waals surface area contributed by atoms with Crippen molar-refractivity contribution < 1.29 is 13.2 Å². The van der Waals surface area contributed by atoms with Crippen LogP contribution >= 0.6 is 0 Å². The zero-order valence-corrected chi connectivity index (χ0v) is 13.4. The van der Waals surface area contributed by atoms with E-state index >= 15 is 0 Å². The van der Waals surface area contributed by atoms with Crippen LogP contribution in [0.4, 0.5) is 5.82 Å². The second-order valence-electron chi connectivity index (χ2n) is 6.45. The lowest BCUT2D eigenvalue weighted by Crippen LogP contribution is -2.27. The molecule has 1 amide bonds. The Labute approximate surface area is 124 Å². The largest absolute Gasteiger partial charge is 0.311 e. The van der Waals surface area contributed by atoms with E-state index in [0.29, 0.717) is 24.6 Å². The molecule has 1 fully saturated rings. The highest BCUT2D eigenvalue weighted by molar-refractivity contribution is 7.91. The molecule has 2 aliphatic heterocycles. The lowest BCUT2D eigenvalue weighted by molar-refractivity contribution is -0.117. The summed E-state index contributed by atoms with van der Waals surface area (Å²) in [6, 6.07) is -0.163. The van der Waals surface area contributed by atoms with Crippen molar-refractivity contribution in [3.05, 3.63) is 11.3 Å². The van der Waals surface area contributed by atoms with Gasteiger partial charge in [0.15, 0.2) is 9.84 Å². The van der Waals surface area contributed by atoms with Crippen molar-refractivity contribution in [1.29, 1.82) is 0 Å². The maximum Gasteiger partial charge on any atom is 0.226 e. The topological polar surface area (TPSA) is 81.1 Å². The molecule has 0 unspecified atom stereocenters. The van der Waals surface area contributed by atoms with Crippen LogP contribution in [-0.4, -0.2) is 35.6 Å². The van der Waals surface area contributed by atoms with Crippen molar-refractivity contribution >= 4 is 21.6 Å².